The van der Waals surface area contributed by atoms with Crippen molar-refractivity contribution in [2.45, 2.75) is 115 Å². The topological polar surface area (TPSA) is 152 Å². The number of carbonyl (C=O) groups excluding carboxylic acids is 2. The molecule has 3 unspecified atom stereocenters. The van der Waals surface area contributed by atoms with Crippen molar-refractivity contribution in [3.63, 3.8) is 0 Å². The minimum atomic E-state index is -1.63. The van der Waals surface area contributed by atoms with Crippen molar-refractivity contribution in [3.05, 3.63) is 146 Å². The Hall–Kier alpha value is -4.42. The monoisotopic (exact) mass is 790 g/mol. The number of esters is 2. The van der Waals surface area contributed by atoms with Crippen LogP contribution >= 0.6 is 0 Å². The smallest absolute Gasteiger partial charge is 0.306 e. The molecule has 1 rings (SSSR count). The zero-order valence-electron chi connectivity index (χ0n) is 33.8. The second-order valence-electron chi connectivity index (χ2n) is 12.9. The van der Waals surface area contributed by atoms with E-state index in [0.29, 0.717) is 19.3 Å². The third-order valence-electron chi connectivity index (χ3n) is 8.04. The van der Waals surface area contributed by atoms with Crippen LogP contribution in [-0.4, -0.2) is 89.0 Å². The molecule has 6 atom stereocenters. The molecule has 10 nitrogen and oxygen atoms in total. The van der Waals surface area contributed by atoms with Crippen LogP contribution in [0.2, 0.25) is 0 Å². The van der Waals surface area contributed by atoms with Crippen LogP contribution in [-0.2, 0) is 28.5 Å². The number of carbonyl (C=O) groups is 2. The van der Waals surface area contributed by atoms with Gasteiger partial charge in [-0.2, -0.15) is 0 Å². The minimum Gasteiger partial charge on any atom is -0.462 e. The van der Waals surface area contributed by atoms with Crippen LogP contribution < -0.4 is 0 Å². The van der Waals surface area contributed by atoms with E-state index in [1.54, 1.807) is 0 Å². The van der Waals surface area contributed by atoms with Crippen molar-refractivity contribution in [2.24, 2.45) is 0 Å². The van der Waals surface area contributed by atoms with Gasteiger partial charge in [0, 0.05) is 12.8 Å². The highest BCUT2D eigenvalue weighted by atomic mass is 16.7. The highest BCUT2D eigenvalue weighted by Gasteiger charge is 2.44. The van der Waals surface area contributed by atoms with E-state index in [9.17, 15) is 30.0 Å². The van der Waals surface area contributed by atoms with Gasteiger partial charge in [0.2, 0.25) is 0 Å². The van der Waals surface area contributed by atoms with Gasteiger partial charge >= 0.3 is 11.9 Å². The van der Waals surface area contributed by atoms with Gasteiger partial charge in [-0.3, -0.25) is 9.59 Å². The summed E-state index contributed by atoms with van der Waals surface area (Å²) in [5.74, 6) is -0.969. The summed E-state index contributed by atoms with van der Waals surface area (Å²) < 4.78 is 21.9. The van der Waals surface area contributed by atoms with E-state index in [1.807, 2.05) is 128 Å². The Morgan fingerprint density at radius 3 is 1.49 bits per heavy atom. The molecule has 0 spiro atoms. The third kappa shape index (κ3) is 27.8. The summed E-state index contributed by atoms with van der Waals surface area (Å²) in [6.45, 7) is 2.95. The van der Waals surface area contributed by atoms with Crippen molar-refractivity contribution >= 4 is 11.9 Å². The average molecular weight is 791 g/mol. The summed E-state index contributed by atoms with van der Waals surface area (Å²) in [7, 11) is 0. The third-order valence-corrected chi connectivity index (χ3v) is 8.04. The van der Waals surface area contributed by atoms with E-state index in [1.165, 1.54) is 0 Å². The Bertz CT molecular complexity index is 1420. The first kappa shape index (κ1) is 50.6. The number of aliphatic hydroxyl groups excluding tert-OH is 4. The molecule has 57 heavy (non-hydrogen) atoms. The van der Waals surface area contributed by atoms with E-state index in [4.69, 9.17) is 18.9 Å². The second kappa shape index (κ2) is 36.0. The molecule has 0 aromatic carbocycles. The predicted molar refractivity (Wildman–Crippen MR) is 228 cm³/mol. The molecule has 1 fully saturated rings. The molecule has 0 saturated carbocycles. The summed E-state index contributed by atoms with van der Waals surface area (Å²) in [4.78, 5) is 25.2. The SMILES string of the molecule is CC/C=C/C=C/C=C/C=C/C=C/C=C/C=C/CCCCCC(=O)OCC(CO[C@H]1O[C@@H](CO)[C@@H](O)C(O)C1O)OC(=O)CCC/C=C/C=C/C=C/C=C/C=C/CC. The van der Waals surface area contributed by atoms with Crippen molar-refractivity contribution < 1.29 is 49.0 Å². The fourth-order valence-electron chi connectivity index (χ4n) is 4.90. The first-order chi connectivity index (χ1) is 27.8. The number of ether oxygens (including phenoxy) is 4. The molecule has 1 aliphatic heterocycles. The number of aliphatic hydroxyl groups is 4. The van der Waals surface area contributed by atoms with Crippen LogP contribution in [0.25, 0.3) is 0 Å². The number of hydrogen-bond acceptors (Lipinski definition) is 10. The Balaban J connectivity index is 2.49. The van der Waals surface area contributed by atoms with Crippen LogP contribution in [0.1, 0.15) is 78.1 Å². The average Bonchev–Trinajstić information content (AvgIpc) is 3.21. The Labute approximate surface area is 340 Å². The number of unbranched alkanes of at least 4 members (excludes halogenated alkanes) is 4. The van der Waals surface area contributed by atoms with E-state index in [2.05, 4.69) is 32.1 Å². The number of rotatable bonds is 29. The van der Waals surface area contributed by atoms with Crippen LogP contribution in [0, 0.1) is 0 Å². The molecule has 0 aromatic heterocycles. The molecular formula is C47H66O10. The van der Waals surface area contributed by atoms with E-state index >= 15 is 0 Å². The lowest BCUT2D eigenvalue weighted by Gasteiger charge is -2.39. The molecule has 0 aliphatic carbocycles. The van der Waals surface area contributed by atoms with Gasteiger partial charge in [-0.1, -0.05) is 166 Å². The largest absolute Gasteiger partial charge is 0.462 e. The standard InChI is InChI=1S/C47H66O10/c1-3-5-7-9-11-13-15-17-18-19-20-21-22-24-25-27-29-31-33-35-42(49)54-38-40(39-55-47-46(53)45(52)44(51)41(37-48)57-47)56-43(50)36-34-32-30-28-26-23-16-14-12-10-8-6-4-2/h5-26,28,30,40-41,44-48,51-53H,3-4,27,29,31-39H2,1-2H3/b7-5+,8-6+,11-9+,12-10+,15-13+,16-14+,18-17+,20-19+,22-21+,25-24+,26-23+,30-28+/t40?,41-,44+,45?,46?,47-/m0/s1. The summed E-state index contributed by atoms with van der Waals surface area (Å²) in [6, 6.07) is 0. The number of hydrogen-bond donors (Lipinski definition) is 4. The molecule has 10 heteroatoms. The van der Waals surface area contributed by atoms with E-state index < -0.39 is 55.4 Å². The Morgan fingerprint density at radius 2 is 1.00 bits per heavy atom. The summed E-state index contributed by atoms with van der Waals surface area (Å²) in [5, 5.41) is 40.0. The summed E-state index contributed by atoms with van der Waals surface area (Å²) >= 11 is 0. The molecule has 4 N–H and O–H groups in total. The lowest BCUT2D eigenvalue weighted by atomic mass is 9.99. The highest BCUT2D eigenvalue weighted by molar-refractivity contribution is 5.70. The van der Waals surface area contributed by atoms with Gasteiger partial charge in [0.25, 0.3) is 0 Å². The van der Waals surface area contributed by atoms with Gasteiger partial charge in [-0.25, -0.2) is 0 Å². The maximum absolute atomic E-state index is 12.7. The molecule has 0 bridgehead atoms. The molecule has 0 radical (unpaired) electrons. The maximum Gasteiger partial charge on any atom is 0.306 e. The van der Waals surface area contributed by atoms with Crippen LogP contribution in [0.4, 0.5) is 0 Å². The zero-order valence-corrected chi connectivity index (χ0v) is 33.8. The first-order valence-corrected chi connectivity index (χ1v) is 20.1. The predicted octanol–water partition coefficient (Wildman–Crippen LogP) is 7.87. The van der Waals surface area contributed by atoms with Gasteiger partial charge < -0.3 is 39.4 Å². The van der Waals surface area contributed by atoms with Crippen molar-refractivity contribution in [1.82, 2.24) is 0 Å². The van der Waals surface area contributed by atoms with Crippen LogP contribution in [0.5, 0.6) is 0 Å². The lowest BCUT2D eigenvalue weighted by Crippen LogP contribution is -2.59. The fourth-order valence-corrected chi connectivity index (χ4v) is 4.90. The van der Waals surface area contributed by atoms with Crippen molar-refractivity contribution in [1.29, 1.82) is 0 Å². The zero-order chi connectivity index (χ0) is 41.6. The van der Waals surface area contributed by atoms with Gasteiger partial charge in [0.05, 0.1) is 13.2 Å². The Kier molecular flexibility index (Phi) is 31.9. The molecular weight excluding hydrogens is 725 g/mol. The summed E-state index contributed by atoms with van der Waals surface area (Å²) in [5.41, 5.74) is 0. The van der Waals surface area contributed by atoms with Crippen molar-refractivity contribution in [2.75, 3.05) is 19.8 Å². The van der Waals surface area contributed by atoms with E-state index in [-0.39, 0.29) is 26.1 Å². The number of allylic oxidation sites excluding steroid dienone is 24. The fraction of sp³-hybridized carbons (Fsp3) is 0.447. The molecule has 1 aliphatic rings. The van der Waals surface area contributed by atoms with Gasteiger partial charge in [-0.05, 0) is 44.9 Å². The van der Waals surface area contributed by atoms with Gasteiger partial charge in [0.15, 0.2) is 12.4 Å². The molecule has 1 saturated heterocycles. The highest BCUT2D eigenvalue weighted by Crippen LogP contribution is 2.22. The normalized spacial score (nSPS) is 21.8. The Morgan fingerprint density at radius 1 is 0.544 bits per heavy atom. The second-order valence-corrected chi connectivity index (χ2v) is 12.9. The summed E-state index contributed by atoms with van der Waals surface area (Å²) in [6.07, 6.45) is 45.7. The van der Waals surface area contributed by atoms with Gasteiger partial charge in [0.1, 0.15) is 31.0 Å². The maximum atomic E-state index is 12.7. The lowest BCUT2D eigenvalue weighted by molar-refractivity contribution is -0.305. The van der Waals surface area contributed by atoms with Crippen molar-refractivity contribution in [3.8, 4) is 0 Å². The first-order valence-electron chi connectivity index (χ1n) is 20.1. The molecule has 0 amide bonds. The minimum absolute atomic E-state index is 0.112. The molecule has 0 aromatic rings. The molecule has 314 valence electrons. The molecule has 1 heterocycles. The van der Waals surface area contributed by atoms with Gasteiger partial charge in [-0.15, -0.1) is 0 Å². The van der Waals surface area contributed by atoms with Crippen LogP contribution in [0.3, 0.4) is 0 Å². The van der Waals surface area contributed by atoms with E-state index in [0.717, 1.165) is 32.1 Å². The van der Waals surface area contributed by atoms with Crippen LogP contribution in [0.15, 0.2) is 146 Å². The quantitative estimate of drug-likeness (QED) is 0.0335.